The molecule has 0 aliphatic rings. The van der Waals surface area contributed by atoms with E-state index in [1.54, 1.807) is 7.11 Å². The number of hydrogen-bond donors (Lipinski definition) is 0. The van der Waals surface area contributed by atoms with E-state index in [0.29, 0.717) is 0 Å². The van der Waals surface area contributed by atoms with Crippen molar-refractivity contribution >= 4 is 12.2 Å². The summed E-state index contributed by atoms with van der Waals surface area (Å²) in [6.45, 7) is 0. The van der Waals surface area contributed by atoms with Gasteiger partial charge in [0.25, 0.3) is 0 Å². The van der Waals surface area contributed by atoms with Crippen molar-refractivity contribution < 1.29 is 4.74 Å². The third-order valence-corrected chi connectivity index (χ3v) is 2.58. The number of hydrogen-bond acceptors (Lipinski definition) is 1. The molecule has 0 saturated carbocycles. The maximum absolute atomic E-state index is 5.18. The van der Waals surface area contributed by atoms with Gasteiger partial charge < -0.3 is 4.74 Å². The Morgan fingerprint density at radius 2 is 1.44 bits per heavy atom. The first-order valence-electron chi connectivity index (χ1n) is 5.92. The summed E-state index contributed by atoms with van der Waals surface area (Å²) in [5.41, 5.74) is 2.33. The predicted molar refractivity (Wildman–Crippen MR) is 77.5 cm³/mol. The molecule has 0 aliphatic heterocycles. The van der Waals surface area contributed by atoms with Gasteiger partial charge in [0, 0.05) is 0 Å². The summed E-state index contributed by atoms with van der Waals surface area (Å²) in [5.74, 6) is 0.879. The van der Waals surface area contributed by atoms with Gasteiger partial charge in [0.1, 0.15) is 5.75 Å². The van der Waals surface area contributed by atoms with E-state index in [1.807, 2.05) is 48.6 Å². The molecular formula is C17H16O. The molecule has 0 atom stereocenters. The van der Waals surface area contributed by atoms with Crippen molar-refractivity contribution in [2.24, 2.45) is 0 Å². The van der Waals surface area contributed by atoms with Gasteiger partial charge in [-0.2, -0.15) is 0 Å². The Balaban J connectivity index is 2.01. The van der Waals surface area contributed by atoms with Crippen LogP contribution < -0.4 is 4.74 Å². The Kier molecular flexibility index (Phi) is 4.37. The Morgan fingerprint density at radius 3 is 2.17 bits per heavy atom. The van der Waals surface area contributed by atoms with Crippen molar-refractivity contribution in [1.29, 1.82) is 0 Å². The third kappa shape index (κ3) is 3.63. The van der Waals surface area contributed by atoms with Crippen LogP contribution in [-0.4, -0.2) is 7.11 Å². The van der Waals surface area contributed by atoms with Crippen molar-refractivity contribution in [2.45, 2.75) is 0 Å². The van der Waals surface area contributed by atoms with Gasteiger partial charge in [0.05, 0.1) is 7.11 Å². The van der Waals surface area contributed by atoms with Gasteiger partial charge >= 0.3 is 0 Å². The molecule has 0 radical (unpaired) electrons. The summed E-state index contributed by atoms with van der Waals surface area (Å²) in [6, 6.07) is 18.2. The van der Waals surface area contributed by atoms with Gasteiger partial charge in [0.15, 0.2) is 0 Å². The van der Waals surface area contributed by atoms with E-state index in [-0.39, 0.29) is 0 Å². The Hall–Kier alpha value is -2.28. The van der Waals surface area contributed by atoms with E-state index in [9.17, 15) is 0 Å². The highest BCUT2D eigenvalue weighted by atomic mass is 16.5. The van der Waals surface area contributed by atoms with Crippen LogP contribution in [0.2, 0.25) is 0 Å². The van der Waals surface area contributed by atoms with Crippen LogP contribution in [0.1, 0.15) is 11.1 Å². The molecule has 0 aliphatic carbocycles. The molecule has 0 unspecified atom stereocenters. The minimum absolute atomic E-state index is 0.879. The standard InChI is InChI=1S/C17H16O/c1-18-17-13-7-12-16(14-17)11-6-5-10-15-8-3-2-4-9-15/h2-14H,1H3. The molecule has 90 valence electrons. The largest absolute Gasteiger partial charge is 0.497 e. The second-order valence-corrected chi connectivity index (χ2v) is 3.91. The second kappa shape index (κ2) is 6.45. The molecule has 0 fully saturated rings. The highest BCUT2D eigenvalue weighted by Crippen LogP contribution is 2.13. The van der Waals surface area contributed by atoms with Gasteiger partial charge in [-0.1, -0.05) is 66.8 Å². The Bertz CT molecular complexity index is 539. The molecule has 1 nitrogen and oxygen atoms in total. The first kappa shape index (κ1) is 12.2. The molecule has 18 heavy (non-hydrogen) atoms. The lowest BCUT2D eigenvalue weighted by atomic mass is 10.2. The lowest BCUT2D eigenvalue weighted by Gasteiger charge is -1.99. The van der Waals surface area contributed by atoms with Gasteiger partial charge in [-0.05, 0) is 23.3 Å². The van der Waals surface area contributed by atoms with E-state index in [0.717, 1.165) is 11.3 Å². The van der Waals surface area contributed by atoms with E-state index in [4.69, 9.17) is 4.74 Å². The Morgan fingerprint density at radius 1 is 0.778 bits per heavy atom. The maximum Gasteiger partial charge on any atom is 0.119 e. The molecule has 2 rings (SSSR count). The van der Waals surface area contributed by atoms with E-state index in [1.165, 1.54) is 5.56 Å². The maximum atomic E-state index is 5.18. The van der Waals surface area contributed by atoms with Gasteiger partial charge in [-0.25, -0.2) is 0 Å². The fourth-order valence-corrected chi connectivity index (χ4v) is 1.64. The molecule has 2 aromatic carbocycles. The van der Waals surface area contributed by atoms with Crippen LogP contribution in [0.3, 0.4) is 0 Å². The van der Waals surface area contributed by atoms with Gasteiger partial charge in [-0.15, -0.1) is 0 Å². The molecule has 0 aromatic heterocycles. The molecule has 2 aromatic rings. The zero-order valence-corrected chi connectivity index (χ0v) is 10.4. The monoisotopic (exact) mass is 236 g/mol. The average Bonchev–Trinajstić information content (AvgIpc) is 2.45. The highest BCUT2D eigenvalue weighted by molar-refractivity contribution is 5.57. The summed E-state index contributed by atoms with van der Waals surface area (Å²) in [7, 11) is 1.68. The van der Waals surface area contributed by atoms with Crippen LogP contribution in [0.15, 0.2) is 66.7 Å². The molecule has 1 heteroatoms. The topological polar surface area (TPSA) is 9.23 Å². The summed E-state index contributed by atoms with van der Waals surface area (Å²) < 4.78 is 5.18. The first-order chi connectivity index (χ1) is 8.88. The van der Waals surface area contributed by atoms with Crippen LogP contribution in [-0.2, 0) is 0 Å². The number of ether oxygens (including phenoxy) is 1. The minimum Gasteiger partial charge on any atom is -0.497 e. The fourth-order valence-electron chi connectivity index (χ4n) is 1.64. The fraction of sp³-hybridized carbons (Fsp3) is 0.0588. The predicted octanol–water partition coefficient (Wildman–Crippen LogP) is 4.42. The van der Waals surface area contributed by atoms with Crippen LogP contribution >= 0.6 is 0 Å². The number of allylic oxidation sites excluding steroid dienone is 2. The van der Waals surface area contributed by atoms with Crippen LogP contribution in [0.25, 0.3) is 12.2 Å². The molecule has 0 bridgehead atoms. The van der Waals surface area contributed by atoms with E-state index >= 15 is 0 Å². The van der Waals surface area contributed by atoms with Crippen LogP contribution in [0.5, 0.6) is 5.75 Å². The number of methoxy groups -OCH3 is 1. The minimum atomic E-state index is 0.879. The highest BCUT2D eigenvalue weighted by Gasteiger charge is 1.90. The second-order valence-electron chi connectivity index (χ2n) is 3.91. The van der Waals surface area contributed by atoms with E-state index < -0.39 is 0 Å². The summed E-state index contributed by atoms with van der Waals surface area (Å²) >= 11 is 0. The van der Waals surface area contributed by atoms with Crippen molar-refractivity contribution in [2.75, 3.05) is 7.11 Å². The average molecular weight is 236 g/mol. The van der Waals surface area contributed by atoms with Gasteiger partial charge in [-0.3, -0.25) is 0 Å². The zero-order chi connectivity index (χ0) is 12.6. The van der Waals surface area contributed by atoms with Crippen LogP contribution in [0.4, 0.5) is 0 Å². The summed E-state index contributed by atoms with van der Waals surface area (Å²) in [5, 5.41) is 0. The SMILES string of the molecule is COc1cccc(C=CC=Cc2ccccc2)c1. The Labute approximate surface area is 108 Å². The first-order valence-corrected chi connectivity index (χ1v) is 5.92. The van der Waals surface area contributed by atoms with Crippen molar-refractivity contribution in [1.82, 2.24) is 0 Å². The quantitative estimate of drug-likeness (QED) is 0.714. The van der Waals surface area contributed by atoms with Crippen LogP contribution in [0, 0.1) is 0 Å². The number of benzene rings is 2. The molecular weight excluding hydrogens is 220 g/mol. The third-order valence-electron chi connectivity index (χ3n) is 2.58. The summed E-state index contributed by atoms with van der Waals surface area (Å²) in [6.07, 6.45) is 8.20. The molecule has 0 N–H and O–H groups in total. The van der Waals surface area contributed by atoms with Crippen molar-refractivity contribution in [3.05, 3.63) is 77.9 Å². The smallest absolute Gasteiger partial charge is 0.119 e. The molecule has 0 spiro atoms. The van der Waals surface area contributed by atoms with Crippen molar-refractivity contribution in [3.8, 4) is 5.75 Å². The normalized spacial score (nSPS) is 11.2. The lowest BCUT2D eigenvalue weighted by Crippen LogP contribution is -1.81. The van der Waals surface area contributed by atoms with Crippen molar-refractivity contribution in [3.63, 3.8) is 0 Å². The molecule has 0 heterocycles. The van der Waals surface area contributed by atoms with E-state index in [2.05, 4.69) is 30.4 Å². The molecule has 0 amide bonds. The lowest BCUT2D eigenvalue weighted by molar-refractivity contribution is 0.414. The summed E-state index contributed by atoms with van der Waals surface area (Å²) in [4.78, 5) is 0. The zero-order valence-electron chi connectivity index (χ0n) is 10.4. The van der Waals surface area contributed by atoms with Gasteiger partial charge in [0.2, 0.25) is 0 Å². The molecule has 0 saturated heterocycles. The number of rotatable bonds is 4.